The van der Waals surface area contributed by atoms with E-state index in [4.69, 9.17) is 5.73 Å². The van der Waals surface area contributed by atoms with Crippen LogP contribution in [0.3, 0.4) is 0 Å². The van der Waals surface area contributed by atoms with Crippen LogP contribution in [0.2, 0.25) is 0 Å². The first-order valence-electron chi connectivity index (χ1n) is 5.41. The van der Waals surface area contributed by atoms with Gasteiger partial charge in [0.05, 0.1) is 5.69 Å². The number of pyridine rings is 1. The zero-order valence-corrected chi connectivity index (χ0v) is 11.6. The Morgan fingerprint density at radius 3 is 3.06 bits per heavy atom. The van der Waals surface area contributed by atoms with Gasteiger partial charge in [-0.05, 0) is 41.1 Å². The minimum atomic E-state index is 0.506. The van der Waals surface area contributed by atoms with Gasteiger partial charge in [0, 0.05) is 22.0 Å². The Kier molecular flexibility index (Phi) is 3.97. The molecule has 1 aromatic heterocycles. The number of nitrogens with one attached hydrogen (secondary N) is 1. The molecule has 2 atom stereocenters. The fourth-order valence-electron chi connectivity index (χ4n) is 2.12. The van der Waals surface area contributed by atoms with Crippen molar-refractivity contribution in [2.75, 3.05) is 17.3 Å². The van der Waals surface area contributed by atoms with E-state index >= 15 is 0 Å². The lowest BCUT2D eigenvalue weighted by Crippen LogP contribution is -2.26. The van der Waals surface area contributed by atoms with E-state index in [2.05, 4.69) is 32.5 Å². The molecule has 1 heterocycles. The summed E-state index contributed by atoms with van der Waals surface area (Å²) in [5.41, 5.74) is 6.63. The van der Waals surface area contributed by atoms with Crippen molar-refractivity contribution in [1.29, 1.82) is 0 Å². The summed E-state index contributed by atoms with van der Waals surface area (Å²) < 4.78 is 0.920. The smallest absolute Gasteiger partial charge is 0.149 e. The molecule has 0 spiro atoms. The van der Waals surface area contributed by atoms with Gasteiger partial charge in [0.2, 0.25) is 0 Å². The molecule has 1 aliphatic rings. The van der Waals surface area contributed by atoms with Crippen LogP contribution < -0.4 is 11.1 Å². The van der Waals surface area contributed by atoms with Crippen molar-refractivity contribution in [2.45, 2.75) is 30.6 Å². The summed E-state index contributed by atoms with van der Waals surface area (Å²) in [4.78, 5) is 4.32. The van der Waals surface area contributed by atoms with E-state index in [0.717, 1.165) is 10.3 Å². The average Bonchev–Trinajstić information content (AvgIpc) is 2.69. The molecule has 3 N–H and O–H groups in total. The van der Waals surface area contributed by atoms with E-state index in [1.54, 1.807) is 6.20 Å². The lowest BCUT2D eigenvalue weighted by molar-refractivity contribution is 0.764. The summed E-state index contributed by atoms with van der Waals surface area (Å²) in [7, 11) is 0. The van der Waals surface area contributed by atoms with Crippen LogP contribution >= 0.6 is 27.7 Å². The Morgan fingerprint density at radius 2 is 2.38 bits per heavy atom. The van der Waals surface area contributed by atoms with Crippen LogP contribution in [0.4, 0.5) is 11.5 Å². The number of hydrogen-bond acceptors (Lipinski definition) is 4. The van der Waals surface area contributed by atoms with Gasteiger partial charge >= 0.3 is 0 Å². The number of halogens is 1. The first-order valence-corrected chi connectivity index (χ1v) is 7.49. The van der Waals surface area contributed by atoms with Crippen LogP contribution in [0.25, 0.3) is 0 Å². The molecule has 2 unspecified atom stereocenters. The second-order valence-electron chi connectivity index (χ2n) is 4.05. The molecular formula is C11H16BrN3S. The lowest BCUT2D eigenvalue weighted by Gasteiger charge is -2.20. The Morgan fingerprint density at radius 1 is 1.56 bits per heavy atom. The molecule has 1 aromatic rings. The van der Waals surface area contributed by atoms with E-state index < -0.39 is 0 Å². The van der Waals surface area contributed by atoms with Crippen LogP contribution in [0.5, 0.6) is 0 Å². The molecule has 0 aliphatic heterocycles. The van der Waals surface area contributed by atoms with Crippen molar-refractivity contribution in [3.05, 3.63) is 16.7 Å². The van der Waals surface area contributed by atoms with Gasteiger partial charge in [-0.3, -0.25) is 0 Å². The monoisotopic (exact) mass is 301 g/mol. The van der Waals surface area contributed by atoms with Crippen molar-refractivity contribution >= 4 is 39.2 Å². The largest absolute Gasteiger partial charge is 0.396 e. The summed E-state index contributed by atoms with van der Waals surface area (Å²) in [6.45, 7) is 0. The summed E-state index contributed by atoms with van der Waals surface area (Å²) in [6, 6.07) is 2.39. The molecule has 3 nitrogen and oxygen atoms in total. The molecule has 1 fully saturated rings. The highest BCUT2D eigenvalue weighted by atomic mass is 79.9. The van der Waals surface area contributed by atoms with Gasteiger partial charge in [-0.25, -0.2) is 4.98 Å². The highest BCUT2D eigenvalue weighted by Gasteiger charge is 2.26. The van der Waals surface area contributed by atoms with Gasteiger partial charge in [0.15, 0.2) is 0 Å². The number of anilines is 2. The number of nitrogens with two attached hydrogens (primary N) is 1. The molecule has 5 heteroatoms. The van der Waals surface area contributed by atoms with Crippen molar-refractivity contribution in [2.24, 2.45) is 0 Å². The first-order chi connectivity index (χ1) is 7.70. The van der Waals surface area contributed by atoms with E-state index in [-0.39, 0.29) is 0 Å². The predicted octanol–water partition coefficient (Wildman–Crippen LogP) is 3.12. The third-order valence-electron chi connectivity index (χ3n) is 2.96. The fourth-order valence-corrected chi connectivity index (χ4v) is 3.41. The van der Waals surface area contributed by atoms with E-state index in [0.29, 0.717) is 17.0 Å². The second kappa shape index (κ2) is 5.27. The topological polar surface area (TPSA) is 50.9 Å². The van der Waals surface area contributed by atoms with E-state index in [1.807, 2.05) is 17.8 Å². The number of hydrogen-bond donors (Lipinski definition) is 2. The molecule has 0 aromatic carbocycles. The maximum Gasteiger partial charge on any atom is 0.149 e. The SMILES string of the molecule is CSC1CCCC1Nc1ncc(Br)cc1N. The standard InChI is InChI=1S/C11H16BrN3S/c1-16-10-4-2-3-9(10)15-11-8(13)5-7(12)6-14-11/h5-6,9-10H,2-4,13H2,1H3,(H,14,15). The number of nitrogen functional groups attached to an aromatic ring is 1. The highest BCUT2D eigenvalue weighted by Crippen LogP contribution is 2.31. The number of aromatic nitrogens is 1. The average molecular weight is 302 g/mol. The second-order valence-corrected chi connectivity index (χ2v) is 6.04. The molecule has 0 amide bonds. The molecule has 0 saturated heterocycles. The zero-order chi connectivity index (χ0) is 11.5. The minimum Gasteiger partial charge on any atom is -0.396 e. The van der Waals surface area contributed by atoms with Gasteiger partial charge in [-0.1, -0.05) is 6.42 Å². The van der Waals surface area contributed by atoms with Gasteiger partial charge < -0.3 is 11.1 Å². The Bertz CT molecular complexity index is 372. The minimum absolute atomic E-state index is 0.506. The molecule has 1 aliphatic carbocycles. The first kappa shape index (κ1) is 12.0. The third kappa shape index (κ3) is 2.63. The van der Waals surface area contributed by atoms with Crippen molar-refractivity contribution < 1.29 is 0 Å². The van der Waals surface area contributed by atoms with Crippen molar-refractivity contribution in [3.8, 4) is 0 Å². The maximum atomic E-state index is 5.92. The summed E-state index contributed by atoms with van der Waals surface area (Å²) in [5.74, 6) is 0.814. The molecular weight excluding hydrogens is 286 g/mol. The molecule has 0 bridgehead atoms. The van der Waals surface area contributed by atoms with Gasteiger partial charge in [-0.2, -0.15) is 11.8 Å². The maximum absolute atomic E-state index is 5.92. The number of thioether (sulfide) groups is 1. The molecule has 0 radical (unpaired) electrons. The summed E-state index contributed by atoms with van der Waals surface area (Å²) in [6.07, 6.45) is 7.74. The summed E-state index contributed by atoms with van der Waals surface area (Å²) >= 11 is 5.29. The number of nitrogens with zero attached hydrogens (tertiary/aromatic N) is 1. The van der Waals surface area contributed by atoms with Crippen molar-refractivity contribution in [3.63, 3.8) is 0 Å². The van der Waals surface area contributed by atoms with Crippen LogP contribution in [-0.2, 0) is 0 Å². The lowest BCUT2D eigenvalue weighted by atomic mass is 10.2. The van der Waals surface area contributed by atoms with Crippen molar-refractivity contribution in [1.82, 2.24) is 4.98 Å². The van der Waals surface area contributed by atoms with Gasteiger partial charge in [0.1, 0.15) is 5.82 Å². The van der Waals surface area contributed by atoms with Crippen LogP contribution in [0.15, 0.2) is 16.7 Å². The predicted molar refractivity (Wildman–Crippen MR) is 74.9 cm³/mol. The van der Waals surface area contributed by atoms with Gasteiger partial charge in [-0.15, -0.1) is 0 Å². The quantitative estimate of drug-likeness (QED) is 0.900. The normalized spacial score (nSPS) is 24.6. The fraction of sp³-hybridized carbons (Fsp3) is 0.545. The Hall–Kier alpha value is -0.420. The molecule has 2 rings (SSSR count). The summed E-state index contributed by atoms with van der Waals surface area (Å²) in [5, 5.41) is 4.14. The Balaban J connectivity index is 2.08. The molecule has 16 heavy (non-hydrogen) atoms. The zero-order valence-electron chi connectivity index (χ0n) is 9.24. The van der Waals surface area contributed by atoms with E-state index in [9.17, 15) is 0 Å². The Labute approximate surface area is 109 Å². The van der Waals surface area contributed by atoms with Gasteiger partial charge in [0.25, 0.3) is 0 Å². The van der Waals surface area contributed by atoms with E-state index in [1.165, 1.54) is 19.3 Å². The van der Waals surface area contributed by atoms with Crippen LogP contribution in [0, 0.1) is 0 Å². The third-order valence-corrected chi connectivity index (χ3v) is 4.56. The number of rotatable bonds is 3. The highest BCUT2D eigenvalue weighted by molar-refractivity contribution is 9.10. The molecule has 88 valence electrons. The molecule has 1 saturated carbocycles. The van der Waals surface area contributed by atoms with Crippen LogP contribution in [0.1, 0.15) is 19.3 Å². The van der Waals surface area contributed by atoms with Crippen LogP contribution in [-0.4, -0.2) is 22.5 Å².